The number of carbonyl (C=O) groups is 1. The van der Waals surface area contributed by atoms with E-state index < -0.39 is 0 Å². The van der Waals surface area contributed by atoms with Crippen LogP contribution in [0.25, 0.3) is 0 Å². The van der Waals surface area contributed by atoms with Gasteiger partial charge in [0.15, 0.2) is 0 Å². The molecule has 3 fully saturated rings. The van der Waals surface area contributed by atoms with Crippen molar-refractivity contribution < 1.29 is 9.90 Å². The zero-order valence-corrected chi connectivity index (χ0v) is 16.6. The molecule has 0 bridgehead atoms. The van der Waals surface area contributed by atoms with E-state index in [4.69, 9.17) is 0 Å². The van der Waals surface area contributed by atoms with Crippen molar-refractivity contribution >= 4 is 5.91 Å². The van der Waals surface area contributed by atoms with Gasteiger partial charge in [0, 0.05) is 38.8 Å². The molecule has 2 saturated heterocycles. The van der Waals surface area contributed by atoms with Crippen molar-refractivity contribution in [2.75, 3.05) is 26.2 Å². The summed E-state index contributed by atoms with van der Waals surface area (Å²) in [5.41, 5.74) is 1.64. The lowest BCUT2D eigenvalue weighted by molar-refractivity contribution is -0.143. The maximum absolute atomic E-state index is 12.6. The van der Waals surface area contributed by atoms with Crippen LogP contribution in [0.15, 0.2) is 12.4 Å². The fourth-order valence-corrected chi connectivity index (χ4v) is 5.29. The molecule has 1 N–H and O–H groups in total. The van der Waals surface area contributed by atoms with E-state index in [0.717, 1.165) is 71.1 Å². The summed E-state index contributed by atoms with van der Waals surface area (Å²) in [6.07, 6.45) is 12.8. The Balaban J connectivity index is 1.29. The zero-order chi connectivity index (χ0) is 18.9. The fourth-order valence-electron chi connectivity index (χ4n) is 5.29. The van der Waals surface area contributed by atoms with E-state index in [1.54, 1.807) is 0 Å². The molecule has 0 unspecified atom stereocenters. The van der Waals surface area contributed by atoms with E-state index in [0.29, 0.717) is 17.4 Å². The van der Waals surface area contributed by atoms with Gasteiger partial charge in [-0.1, -0.05) is 0 Å². The van der Waals surface area contributed by atoms with Crippen LogP contribution in [0.3, 0.4) is 0 Å². The van der Waals surface area contributed by atoms with Crippen LogP contribution in [-0.4, -0.2) is 68.9 Å². The number of piperidine rings is 2. The third-order valence-electron chi connectivity index (χ3n) is 7.19. The lowest BCUT2D eigenvalue weighted by Crippen LogP contribution is -2.55. The minimum atomic E-state index is -0.154. The second-order valence-electron chi connectivity index (χ2n) is 9.10. The molecule has 3 heterocycles. The molecule has 0 radical (unpaired) electrons. The molecule has 2 aliphatic heterocycles. The minimum Gasteiger partial charge on any atom is -0.393 e. The van der Waals surface area contributed by atoms with Gasteiger partial charge in [-0.3, -0.25) is 9.48 Å². The zero-order valence-electron chi connectivity index (χ0n) is 16.6. The summed E-state index contributed by atoms with van der Waals surface area (Å²) in [5, 5.41) is 14.0. The molecule has 1 aliphatic carbocycles. The van der Waals surface area contributed by atoms with Crippen molar-refractivity contribution in [2.24, 2.45) is 12.5 Å². The highest BCUT2D eigenvalue weighted by atomic mass is 16.3. The van der Waals surface area contributed by atoms with Crippen molar-refractivity contribution in [3.63, 3.8) is 0 Å². The minimum absolute atomic E-state index is 0.154. The smallest absolute Gasteiger partial charge is 0.222 e. The maximum atomic E-state index is 12.6. The van der Waals surface area contributed by atoms with E-state index >= 15 is 0 Å². The van der Waals surface area contributed by atoms with Gasteiger partial charge in [-0.25, -0.2) is 0 Å². The summed E-state index contributed by atoms with van der Waals surface area (Å²) in [5.74, 6) is 0.348. The first-order chi connectivity index (χ1) is 13.0. The van der Waals surface area contributed by atoms with E-state index in [2.05, 4.69) is 21.1 Å². The first-order valence-corrected chi connectivity index (χ1v) is 10.7. The molecule has 0 atom stereocenters. The summed E-state index contributed by atoms with van der Waals surface area (Å²) < 4.78 is 1.87. The van der Waals surface area contributed by atoms with Crippen LogP contribution in [0, 0.1) is 5.41 Å². The molecule has 1 amide bonds. The van der Waals surface area contributed by atoms with Crippen LogP contribution in [0.4, 0.5) is 0 Å². The van der Waals surface area contributed by atoms with Gasteiger partial charge in [-0.15, -0.1) is 0 Å². The van der Waals surface area contributed by atoms with Gasteiger partial charge in [0.1, 0.15) is 0 Å². The number of likely N-dealkylation sites (tertiary alicyclic amines) is 2. The summed E-state index contributed by atoms with van der Waals surface area (Å²) in [6, 6.07) is 0.363. The number of hydrogen-bond acceptors (Lipinski definition) is 4. The average molecular weight is 375 g/mol. The molecule has 3 aliphatic rings. The largest absolute Gasteiger partial charge is 0.393 e. The molecule has 6 heteroatoms. The van der Waals surface area contributed by atoms with Gasteiger partial charge >= 0.3 is 0 Å². The fraction of sp³-hybridized carbons (Fsp3) is 0.810. The first kappa shape index (κ1) is 18.9. The first-order valence-electron chi connectivity index (χ1n) is 10.7. The Labute approximate surface area is 162 Å². The standard InChI is InChI=1S/C21H34N4O2/c1-23-15-17(14-22-23)7-11-24-12-9-21(10-13-24)8-6-20(27)25(16-21)18-2-4-19(26)5-3-18/h14-15,18-19,26H,2-13,16H2,1H3. The Morgan fingerprint density at radius 3 is 2.59 bits per heavy atom. The predicted molar refractivity (Wildman–Crippen MR) is 104 cm³/mol. The van der Waals surface area contributed by atoms with Crippen LogP contribution in [0.1, 0.15) is 56.9 Å². The highest BCUT2D eigenvalue weighted by Gasteiger charge is 2.43. The highest BCUT2D eigenvalue weighted by Crippen LogP contribution is 2.42. The van der Waals surface area contributed by atoms with Gasteiger partial charge < -0.3 is 14.9 Å². The lowest BCUT2D eigenvalue weighted by atomic mass is 9.71. The summed E-state index contributed by atoms with van der Waals surface area (Å²) in [7, 11) is 1.97. The summed E-state index contributed by atoms with van der Waals surface area (Å²) >= 11 is 0. The van der Waals surface area contributed by atoms with Crippen LogP contribution in [0.5, 0.6) is 0 Å². The van der Waals surface area contributed by atoms with E-state index in [9.17, 15) is 9.90 Å². The molecule has 1 saturated carbocycles. The molecule has 27 heavy (non-hydrogen) atoms. The number of aromatic nitrogens is 2. The number of aliphatic hydroxyl groups is 1. The van der Waals surface area contributed by atoms with Gasteiger partial charge in [-0.05, 0) is 75.4 Å². The van der Waals surface area contributed by atoms with Crippen molar-refractivity contribution in [3.8, 4) is 0 Å². The summed E-state index contributed by atoms with van der Waals surface area (Å²) in [4.78, 5) is 17.3. The number of rotatable bonds is 4. The Bertz CT molecular complexity index is 642. The topological polar surface area (TPSA) is 61.6 Å². The van der Waals surface area contributed by atoms with Crippen LogP contribution >= 0.6 is 0 Å². The van der Waals surface area contributed by atoms with Crippen molar-refractivity contribution in [1.82, 2.24) is 19.6 Å². The molecule has 1 aromatic rings. The van der Waals surface area contributed by atoms with Crippen LogP contribution < -0.4 is 0 Å². The number of carbonyl (C=O) groups excluding carboxylic acids is 1. The van der Waals surface area contributed by atoms with Crippen molar-refractivity contribution in [3.05, 3.63) is 18.0 Å². The average Bonchev–Trinajstić information content (AvgIpc) is 3.10. The van der Waals surface area contributed by atoms with Gasteiger partial charge in [0.05, 0.1) is 12.3 Å². The molecule has 0 aromatic carbocycles. The molecule has 4 rings (SSSR count). The molecule has 1 aromatic heterocycles. The van der Waals surface area contributed by atoms with Gasteiger partial charge in [0.2, 0.25) is 5.91 Å². The predicted octanol–water partition coefficient (Wildman–Crippen LogP) is 1.97. The maximum Gasteiger partial charge on any atom is 0.222 e. The van der Waals surface area contributed by atoms with E-state index in [1.165, 1.54) is 18.4 Å². The van der Waals surface area contributed by atoms with Gasteiger partial charge in [-0.2, -0.15) is 5.10 Å². The molecule has 1 spiro atoms. The monoisotopic (exact) mass is 374 g/mol. The SMILES string of the molecule is Cn1cc(CCN2CCC3(CCC(=O)N(C4CCC(O)CC4)C3)CC2)cn1. The van der Waals surface area contributed by atoms with Crippen LogP contribution in [0.2, 0.25) is 0 Å². The Morgan fingerprint density at radius 2 is 1.93 bits per heavy atom. The van der Waals surface area contributed by atoms with Gasteiger partial charge in [0.25, 0.3) is 0 Å². The second-order valence-corrected chi connectivity index (χ2v) is 9.10. The van der Waals surface area contributed by atoms with Crippen molar-refractivity contribution in [1.29, 1.82) is 0 Å². The number of hydrogen-bond donors (Lipinski definition) is 1. The molecular formula is C21H34N4O2. The van der Waals surface area contributed by atoms with Crippen molar-refractivity contribution in [2.45, 2.75) is 69.9 Å². The van der Waals surface area contributed by atoms with E-state index in [-0.39, 0.29) is 6.10 Å². The Kier molecular flexibility index (Phi) is 5.55. The Morgan fingerprint density at radius 1 is 1.19 bits per heavy atom. The highest BCUT2D eigenvalue weighted by molar-refractivity contribution is 5.77. The number of aliphatic hydroxyl groups excluding tert-OH is 1. The number of aryl methyl sites for hydroxylation is 1. The normalized spacial score (nSPS) is 29.4. The summed E-state index contributed by atoms with van der Waals surface area (Å²) in [6.45, 7) is 4.34. The molecule has 150 valence electrons. The number of amides is 1. The Hall–Kier alpha value is -1.40. The second kappa shape index (κ2) is 7.92. The molecular weight excluding hydrogens is 340 g/mol. The quantitative estimate of drug-likeness (QED) is 0.875. The lowest BCUT2D eigenvalue weighted by Gasteiger charge is -2.50. The van der Waals surface area contributed by atoms with Crippen LogP contribution in [-0.2, 0) is 18.3 Å². The molecule has 6 nitrogen and oxygen atoms in total. The third-order valence-corrected chi connectivity index (χ3v) is 7.19. The number of nitrogens with zero attached hydrogens (tertiary/aromatic N) is 4. The van der Waals surface area contributed by atoms with E-state index in [1.807, 2.05) is 17.9 Å². The third kappa shape index (κ3) is 4.37.